The van der Waals surface area contributed by atoms with E-state index in [0.29, 0.717) is 16.6 Å². The average molecular weight is 434 g/mol. The van der Waals surface area contributed by atoms with E-state index in [1.54, 1.807) is 16.8 Å². The minimum atomic E-state index is -0.432. The van der Waals surface area contributed by atoms with Crippen molar-refractivity contribution in [2.45, 2.75) is 46.6 Å². The molecule has 1 heterocycles. The highest BCUT2D eigenvalue weighted by Gasteiger charge is 2.29. The van der Waals surface area contributed by atoms with Crippen LogP contribution in [-0.2, 0) is 11.2 Å². The summed E-state index contributed by atoms with van der Waals surface area (Å²) >= 11 is 12.1. The first-order chi connectivity index (χ1) is 12.1. The monoisotopic (exact) mass is 432 g/mol. The summed E-state index contributed by atoms with van der Waals surface area (Å²) in [5, 5.41) is 8.59. The molecule has 2 aromatic rings. The molecule has 0 bridgehead atoms. The molecule has 150 valence electrons. The Morgan fingerprint density at radius 2 is 1.93 bits per heavy atom. The second kappa shape index (κ2) is 9.28. The van der Waals surface area contributed by atoms with E-state index in [9.17, 15) is 4.79 Å². The third-order valence-corrected chi connectivity index (χ3v) is 5.79. The van der Waals surface area contributed by atoms with Crippen molar-refractivity contribution in [2.24, 2.45) is 11.7 Å². The van der Waals surface area contributed by atoms with Crippen LogP contribution in [0.5, 0.6) is 0 Å². The molecule has 1 amide bonds. The standard InChI is InChI=1S/C19H26Cl2N4O.ClH/c1-11(2)19(5,10-22)23-18(26)9-15-12(3)24-25(13(15)4)14-6-7-16(20)17(21)8-14;/h6-8,11H,9-10,22H2,1-5H3,(H,23,26);1H. The van der Waals surface area contributed by atoms with Gasteiger partial charge in [0.25, 0.3) is 0 Å². The molecule has 1 unspecified atom stereocenters. The molecule has 0 aliphatic heterocycles. The van der Waals surface area contributed by atoms with Crippen molar-refractivity contribution in [3.63, 3.8) is 0 Å². The number of nitrogens with zero attached hydrogens (tertiary/aromatic N) is 2. The van der Waals surface area contributed by atoms with Crippen LogP contribution in [0.4, 0.5) is 0 Å². The quantitative estimate of drug-likeness (QED) is 0.715. The average Bonchev–Trinajstić information content (AvgIpc) is 2.85. The van der Waals surface area contributed by atoms with Crippen molar-refractivity contribution >= 4 is 41.5 Å². The summed E-state index contributed by atoms with van der Waals surface area (Å²) in [6, 6.07) is 5.34. The van der Waals surface area contributed by atoms with Crippen LogP contribution >= 0.6 is 35.6 Å². The van der Waals surface area contributed by atoms with Crippen LogP contribution in [-0.4, -0.2) is 27.8 Å². The van der Waals surface area contributed by atoms with Crippen molar-refractivity contribution < 1.29 is 4.79 Å². The van der Waals surface area contributed by atoms with E-state index in [1.165, 1.54) is 0 Å². The molecular formula is C19H27Cl3N4O. The summed E-state index contributed by atoms with van der Waals surface area (Å²) in [7, 11) is 0. The van der Waals surface area contributed by atoms with Gasteiger partial charge in [0, 0.05) is 17.8 Å². The van der Waals surface area contributed by atoms with E-state index in [4.69, 9.17) is 28.9 Å². The van der Waals surface area contributed by atoms with E-state index in [0.717, 1.165) is 22.6 Å². The summed E-state index contributed by atoms with van der Waals surface area (Å²) in [6.45, 7) is 10.3. The van der Waals surface area contributed by atoms with Crippen LogP contribution < -0.4 is 11.1 Å². The topological polar surface area (TPSA) is 72.9 Å². The molecule has 5 nitrogen and oxygen atoms in total. The number of amides is 1. The fraction of sp³-hybridized carbons (Fsp3) is 0.474. The number of nitrogens with one attached hydrogen (secondary N) is 1. The van der Waals surface area contributed by atoms with Crippen LogP contribution in [0.2, 0.25) is 10.0 Å². The molecule has 0 saturated heterocycles. The van der Waals surface area contributed by atoms with Gasteiger partial charge in [-0.15, -0.1) is 12.4 Å². The first-order valence-electron chi connectivity index (χ1n) is 8.60. The normalized spacial score (nSPS) is 13.2. The number of rotatable bonds is 6. The van der Waals surface area contributed by atoms with E-state index in [-0.39, 0.29) is 30.7 Å². The Balaban J connectivity index is 0.00000364. The molecule has 2 rings (SSSR count). The zero-order valence-electron chi connectivity index (χ0n) is 16.3. The minimum Gasteiger partial charge on any atom is -0.349 e. The molecule has 0 spiro atoms. The van der Waals surface area contributed by atoms with Crippen molar-refractivity contribution in [1.29, 1.82) is 0 Å². The van der Waals surface area contributed by atoms with Crippen molar-refractivity contribution in [1.82, 2.24) is 15.1 Å². The lowest BCUT2D eigenvalue weighted by molar-refractivity contribution is -0.122. The fourth-order valence-corrected chi connectivity index (χ4v) is 3.05. The van der Waals surface area contributed by atoms with Gasteiger partial charge in [0.05, 0.1) is 33.4 Å². The van der Waals surface area contributed by atoms with Gasteiger partial charge in [-0.3, -0.25) is 4.79 Å². The highest BCUT2D eigenvalue weighted by Crippen LogP contribution is 2.26. The summed E-state index contributed by atoms with van der Waals surface area (Å²) in [5.74, 6) is 0.170. The van der Waals surface area contributed by atoms with Gasteiger partial charge in [-0.1, -0.05) is 37.0 Å². The highest BCUT2D eigenvalue weighted by atomic mass is 35.5. The summed E-state index contributed by atoms with van der Waals surface area (Å²) in [6.07, 6.45) is 0.251. The predicted molar refractivity (Wildman–Crippen MR) is 114 cm³/mol. The minimum absolute atomic E-state index is 0. The van der Waals surface area contributed by atoms with Crippen LogP contribution in [0.25, 0.3) is 5.69 Å². The Morgan fingerprint density at radius 3 is 2.44 bits per heavy atom. The molecule has 27 heavy (non-hydrogen) atoms. The van der Waals surface area contributed by atoms with E-state index in [1.807, 2.05) is 40.7 Å². The third kappa shape index (κ3) is 5.17. The van der Waals surface area contributed by atoms with E-state index in [2.05, 4.69) is 10.4 Å². The SMILES string of the molecule is Cc1nn(-c2ccc(Cl)c(Cl)c2)c(C)c1CC(=O)NC(C)(CN)C(C)C.Cl. The van der Waals surface area contributed by atoms with Gasteiger partial charge in [0.1, 0.15) is 0 Å². The molecule has 0 aliphatic carbocycles. The Hall–Kier alpha value is -1.27. The molecule has 1 aromatic heterocycles. The van der Waals surface area contributed by atoms with Gasteiger partial charge in [0.2, 0.25) is 5.91 Å². The number of nitrogens with two attached hydrogens (primary N) is 1. The fourth-order valence-electron chi connectivity index (χ4n) is 2.75. The number of benzene rings is 1. The zero-order chi connectivity index (χ0) is 19.6. The van der Waals surface area contributed by atoms with E-state index < -0.39 is 5.54 Å². The summed E-state index contributed by atoms with van der Waals surface area (Å²) in [4.78, 5) is 12.6. The lowest BCUT2D eigenvalue weighted by Gasteiger charge is -2.33. The highest BCUT2D eigenvalue weighted by molar-refractivity contribution is 6.42. The van der Waals surface area contributed by atoms with Gasteiger partial charge < -0.3 is 11.1 Å². The smallest absolute Gasteiger partial charge is 0.225 e. The van der Waals surface area contributed by atoms with Gasteiger partial charge in [-0.2, -0.15) is 5.10 Å². The number of aryl methyl sites for hydroxylation is 1. The van der Waals surface area contributed by atoms with Gasteiger partial charge >= 0.3 is 0 Å². The maximum atomic E-state index is 12.6. The molecule has 0 radical (unpaired) electrons. The number of hydrogen-bond acceptors (Lipinski definition) is 3. The van der Waals surface area contributed by atoms with Gasteiger partial charge in [-0.25, -0.2) is 4.68 Å². The molecule has 0 saturated carbocycles. The second-order valence-corrected chi connectivity index (χ2v) is 7.98. The largest absolute Gasteiger partial charge is 0.349 e. The van der Waals surface area contributed by atoms with Crippen LogP contribution in [0, 0.1) is 19.8 Å². The number of halogens is 3. The lowest BCUT2D eigenvalue weighted by atomic mass is 9.88. The first kappa shape index (κ1) is 23.8. The maximum Gasteiger partial charge on any atom is 0.225 e. The number of carbonyl (C=O) groups is 1. The molecule has 3 N–H and O–H groups in total. The van der Waals surface area contributed by atoms with Gasteiger partial charge in [0.15, 0.2) is 0 Å². The first-order valence-corrected chi connectivity index (χ1v) is 9.36. The van der Waals surface area contributed by atoms with Crippen LogP contribution in [0.3, 0.4) is 0 Å². The summed E-state index contributed by atoms with van der Waals surface area (Å²) < 4.78 is 1.78. The molecule has 8 heteroatoms. The lowest BCUT2D eigenvalue weighted by Crippen LogP contribution is -2.55. The van der Waals surface area contributed by atoms with E-state index >= 15 is 0 Å². The Labute approximate surface area is 177 Å². The maximum absolute atomic E-state index is 12.6. The Kier molecular flexibility index (Phi) is 8.17. The Morgan fingerprint density at radius 1 is 1.30 bits per heavy atom. The molecule has 1 aromatic carbocycles. The molecule has 0 aliphatic rings. The van der Waals surface area contributed by atoms with Crippen molar-refractivity contribution in [2.75, 3.05) is 6.54 Å². The molecular weight excluding hydrogens is 407 g/mol. The predicted octanol–water partition coefficient (Wildman–Crippen LogP) is 4.25. The number of hydrogen-bond donors (Lipinski definition) is 2. The number of carbonyl (C=O) groups excluding carboxylic acids is 1. The second-order valence-electron chi connectivity index (χ2n) is 7.16. The van der Waals surface area contributed by atoms with Crippen LogP contribution in [0.15, 0.2) is 18.2 Å². The number of aromatic nitrogens is 2. The van der Waals surface area contributed by atoms with Crippen LogP contribution in [0.1, 0.15) is 37.7 Å². The van der Waals surface area contributed by atoms with Gasteiger partial charge in [-0.05, 0) is 44.9 Å². The zero-order valence-corrected chi connectivity index (χ0v) is 18.6. The Bertz CT molecular complexity index is 820. The van der Waals surface area contributed by atoms with Crippen molar-refractivity contribution in [3.05, 3.63) is 45.2 Å². The third-order valence-electron chi connectivity index (χ3n) is 5.05. The molecule has 0 fully saturated rings. The summed E-state index contributed by atoms with van der Waals surface area (Å²) in [5.41, 5.74) is 8.84. The molecule has 1 atom stereocenters. The van der Waals surface area contributed by atoms with Crippen molar-refractivity contribution in [3.8, 4) is 5.69 Å².